The molecule has 0 saturated heterocycles. The molecule has 0 aliphatic heterocycles. The number of aryl methyl sites for hydroxylation is 1. The van der Waals surface area contributed by atoms with Crippen LogP contribution in [0.3, 0.4) is 0 Å². The second kappa shape index (κ2) is 6.06. The summed E-state index contributed by atoms with van der Waals surface area (Å²) in [4.78, 5) is 4.34. The molecular formula is C19H20N2. The highest BCUT2D eigenvalue weighted by molar-refractivity contribution is 5.84. The highest BCUT2D eigenvalue weighted by Crippen LogP contribution is 2.20. The summed E-state index contributed by atoms with van der Waals surface area (Å²) in [6.45, 7) is 5.19. The van der Waals surface area contributed by atoms with E-state index in [1.54, 1.807) is 0 Å². The average Bonchev–Trinajstić information content (AvgIpc) is 2.53. The van der Waals surface area contributed by atoms with Crippen LogP contribution in [0.15, 0.2) is 60.9 Å². The number of hydrogen-bond donors (Lipinski definition) is 1. The first-order valence-corrected chi connectivity index (χ1v) is 7.36. The van der Waals surface area contributed by atoms with Crippen LogP contribution in [0.2, 0.25) is 0 Å². The average molecular weight is 276 g/mol. The summed E-state index contributed by atoms with van der Waals surface area (Å²) >= 11 is 0. The second-order valence-electron chi connectivity index (χ2n) is 5.48. The maximum absolute atomic E-state index is 4.34. The van der Waals surface area contributed by atoms with Gasteiger partial charge in [0.1, 0.15) is 0 Å². The highest BCUT2D eigenvalue weighted by Gasteiger charge is 2.08. The van der Waals surface area contributed by atoms with Crippen molar-refractivity contribution in [2.45, 2.75) is 26.4 Å². The molecule has 3 rings (SSSR count). The fourth-order valence-electron chi connectivity index (χ4n) is 2.77. The van der Waals surface area contributed by atoms with Crippen molar-refractivity contribution in [3.63, 3.8) is 0 Å². The van der Waals surface area contributed by atoms with Crippen molar-refractivity contribution in [3.05, 3.63) is 77.6 Å². The number of hydrogen-bond acceptors (Lipinski definition) is 2. The van der Waals surface area contributed by atoms with Gasteiger partial charge in [-0.3, -0.25) is 4.98 Å². The second-order valence-corrected chi connectivity index (χ2v) is 5.48. The van der Waals surface area contributed by atoms with Crippen LogP contribution in [-0.2, 0) is 6.54 Å². The fraction of sp³-hybridized carbons (Fsp3) is 0.211. The Balaban J connectivity index is 1.79. The Morgan fingerprint density at radius 3 is 2.62 bits per heavy atom. The van der Waals surface area contributed by atoms with Gasteiger partial charge in [-0.05, 0) is 35.9 Å². The van der Waals surface area contributed by atoms with Crippen LogP contribution in [0, 0.1) is 6.92 Å². The number of fused-ring (bicyclic) bond motifs is 1. The third kappa shape index (κ3) is 2.96. The van der Waals surface area contributed by atoms with Crippen molar-refractivity contribution in [2.24, 2.45) is 0 Å². The van der Waals surface area contributed by atoms with E-state index in [0.29, 0.717) is 6.04 Å². The molecule has 0 fully saturated rings. The highest BCUT2D eigenvalue weighted by atomic mass is 14.9. The lowest BCUT2D eigenvalue weighted by Gasteiger charge is -2.17. The fourth-order valence-corrected chi connectivity index (χ4v) is 2.77. The predicted octanol–water partition coefficient (Wildman–Crippen LogP) is 4.39. The molecule has 3 aromatic rings. The van der Waals surface area contributed by atoms with Gasteiger partial charge in [0, 0.05) is 30.4 Å². The van der Waals surface area contributed by atoms with Gasteiger partial charge < -0.3 is 5.32 Å². The van der Waals surface area contributed by atoms with E-state index in [2.05, 4.69) is 72.7 Å². The van der Waals surface area contributed by atoms with Crippen molar-refractivity contribution < 1.29 is 0 Å². The molecule has 0 amide bonds. The maximum Gasteiger partial charge on any atom is 0.0346 e. The molecule has 0 radical (unpaired) electrons. The van der Waals surface area contributed by atoms with Gasteiger partial charge in [0.05, 0.1) is 0 Å². The van der Waals surface area contributed by atoms with Gasteiger partial charge in [-0.1, -0.05) is 48.5 Å². The van der Waals surface area contributed by atoms with E-state index in [1.807, 2.05) is 12.4 Å². The van der Waals surface area contributed by atoms with Crippen LogP contribution >= 0.6 is 0 Å². The lowest BCUT2D eigenvalue weighted by Crippen LogP contribution is -2.19. The zero-order valence-electron chi connectivity index (χ0n) is 12.5. The molecule has 106 valence electrons. The van der Waals surface area contributed by atoms with E-state index in [-0.39, 0.29) is 0 Å². The van der Waals surface area contributed by atoms with Crippen LogP contribution < -0.4 is 5.32 Å². The number of pyridine rings is 1. The topological polar surface area (TPSA) is 24.9 Å². The molecule has 0 saturated carbocycles. The molecule has 0 unspecified atom stereocenters. The number of rotatable bonds is 4. The molecule has 2 heteroatoms. The summed E-state index contributed by atoms with van der Waals surface area (Å²) in [5, 5.41) is 6.08. The third-order valence-electron chi connectivity index (χ3n) is 4.00. The summed E-state index contributed by atoms with van der Waals surface area (Å²) in [5.74, 6) is 0. The van der Waals surface area contributed by atoms with Crippen molar-refractivity contribution in [3.8, 4) is 0 Å². The number of benzene rings is 2. The monoisotopic (exact) mass is 276 g/mol. The van der Waals surface area contributed by atoms with Gasteiger partial charge >= 0.3 is 0 Å². The van der Waals surface area contributed by atoms with E-state index in [0.717, 1.165) is 6.54 Å². The Bertz CT molecular complexity index is 744. The van der Waals surface area contributed by atoms with Gasteiger partial charge in [-0.25, -0.2) is 0 Å². The van der Waals surface area contributed by atoms with Crippen molar-refractivity contribution in [1.29, 1.82) is 0 Å². The lowest BCUT2D eigenvalue weighted by molar-refractivity contribution is 0.573. The number of aromatic nitrogens is 1. The minimum Gasteiger partial charge on any atom is -0.306 e. The zero-order chi connectivity index (χ0) is 14.7. The first-order valence-electron chi connectivity index (χ1n) is 7.36. The minimum absolute atomic E-state index is 0.324. The van der Waals surface area contributed by atoms with Crippen LogP contribution in [-0.4, -0.2) is 4.98 Å². The van der Waals surface area contributed by atoms with E-state index in [4.69, 9.17) is 0 Å². The Kier molecular flexibility index (Phi) is 3.98. The van der Waals surface area contributed by atoms with Gasteiger partial charge in [0.15, 0.2) is 0 Å². The molecule has 1 aromatic heterocycles. The Morgan fingerprint density at radius 1 is 1.00 bits per heavy atom. The van der Waals surface area contributed by atoms with Crippen LogP contribution in [0.5, 0.6) is 0 Å². The predicted molar refractivity (Wildman–Crippen MR) is 88.2 cm³/mol. The van der Waals surface area contributed by atoms with Crippen LogP contribution in [0.1, 0.15) is 29.7 Å². The van der Waals surface area contributed by atoms with Crippen molar-refractivity contribution in [1.82, 2.24) is 10.3 Å². The summed E-state index contributed by atoms with van der Waals surface area (Å²) in [6, 6.07) is 17.3. The molecule has 1 N–H and O–H groups in total. The van der Waals surface area contributed by atoms with Crippen molar-refractivity contribution in [2.75, 3.05) is 0 Å². The minimum atomic E-state index is 0.324. The Labute approximate surface area is 125 Å². The molecular weight excluding hydrogens is 256 g/mol. The number of nitrogens with zero attached hydrogens (tertiary/aromatic N) is 1. The smallest absolute Gasteiger partial charge is 0.0346 e. The van der Waals surface area contributed by atoms with Gasteiger partial charge in [-0.15, -0.1) is 0 Å². The lowest BCUT2D eigenvalue weighted by atomic mass is 10.0. The molecule has 21 heavy (non-hydrogen) atoms. The van der Waals surface area contributed by atoms with Crippen LogP contribution in [0.4, 0.5) is 0 Å². The van der Waals surface area contributed by atoms with Gasteiger partial charge in [0.25, 0.3) is 0 Å². The van der Waals surface area contributed by atoms with Gasteiger partial charge in [0.2, 0.25) is 0 Å². The summed E-state index contributed by atoms with van der Waals surface area (Å²) in [7, 11) is 0. The molecule has 0 aliphatic carbocycles. The molecule has 1 heterocycles. The molecule has 2 nitrogen and oxygen atoms in total. The van der Waals surface area contributed by atoms with Crippen molar-refractivity contribution >= 4 is 10.8 Å². The van der Waals surface area contributed by atoms with E-state index in [9.17, 15) is 0 Å². The first-order chi connectivity index (χ1) is 10.3. The third-order valence-corrected chi connectivity index (χ3v) is 4.00. The van der Waals surface area contributed by atoms with Crippen LogP contribution in [0.25, 0.3) is 10.8 Å². The molecule has 0 spiro atoms. The quantitative estimate of drug-likeness (QED) is 0.764. The first kappa shape index (κ1) is 13.8. The van der Waals surface area contributed by atoms with E-state index < -0.39 is 0 Å². The largest absolute Gasteiger partial charge is 0.306 e. The molecule has 1 atom stereocenters. The summed E-state index contributed by atoms with van der Waals surface area (Å²) in [6.07, 6.45) is 3.88. The maximum atomic E-state index is 4.34. The molecule has 0 bridgehead atoms. The summed E-state index contributed by atoms with van der Waals surface area (Å²) in [5.41, 5.74) is 3.92. The normalized spacial score (nSPS) is 12.5. The Hall–Kier alpha value is -2.19. The SMILES string of the molecule is Cc1ccccc1[C@H](C)NCc1cncc2ccccc12. The molecule has 0 aliphatic rings. The van der Waals surface area contributed by atoms with E-state index >= 15 is 0 Å². The zero-order valence-corrected chi connectivity index (χ0v) is 12.5. The Morgan fingerprint density at radius 2 is 1.76 bits per heavy atom. The standard InChI is InChI=1S/C19H20N2/c1-14-7-3-5-9-18(14)15(2)21-13-17-12-20-11-16-8-4-6-10-19(16)17/h3-12,15,21H,13H2,1-2H3/t15-/m0/s1. The van der Waals surface area contributed by atoms with Gasteiger partial charge in [-0.2, -0.15) is 0 Å². The number of nitrogens with one attached hydrogen (secondary N) is 1. The van der Waals surface area contributed by atoms with E-state index in [1.165, 1.54) is 27.5 Å². The summed E-state index contributed by atoms with van der Waals surface area (Å²) < 4.78 is 0. The molecule has 2 aromatic carbocycles.